The summed E-state index contributed by atoms with van der Waals surface area (Å²) in [5.74, 6) is 1.11. The van der Waals surface area contributed by atoms with Gasteiger partial charge in [0.1, 0.15) is 18.1 Å². The van der Waals surface area contributed by atoms with Crippen molar-refractivity contribution in [3.63, 3.8) is 0 Å². The van der Waals surface area contributed by atoms with Gasteiger partial charge in [0.05, 0.1) is 18.8 Å². The molecule has 0 saturated carbocycles. The molecule has 0 N–H and O–H groups in total. The van der Waals surface area contributed by atoms with Gasteiger partial charge in [-0.25, -0.2) is 0 Å². The minimum atomic E-state index is -4.59. The van der Waals surface area contributed by atoms with Gasteiger partial charge < -0.3 is 18.9 Å². The van der Waals surface area contributed by atoms with E-state index < -0.39 is 11.7 Å². The van der Waals surface area contributed by atoms with Crippen molar-refractivity contribution in [3.05, 3.63) is 95.6 Å². The molecule has 0 aliphatic carbocycles. The van der Waals surface area contributed by atoms with Crippen LogP contribution in [0.3, 0.4) is 0 Å². The molecule has 1 heterocycles. The molecule has 196 valence electrons. The van der Waals surface area contributed by atoms with Crippen molar-refractivity contribution < 1.29 is 32.1 Å². The van der Waals surface area contributed by atoms with Gasteiger partial charge >= 0.3 is 6.18 Å². The Morgan fingerprint density at radius 2 is 1.35 bits per heavy atom. The second kappa shape index (κ2) is 12.8. The predicted octanol–water partition coefficient (Wildman–Crippen LogP) is 5.90. The van der Waals surface area contributed by atoms with Crippen molar-refractivity contribution in [2.45, 2.75) is 6.18 Å². The summed E-state index contributed by atoms with van der Waals surface area (Å²) in [5.41, 5.74) is 0.316. The molecule has 0 aromatic heterocycles. The molecule has 0 spiro atoms. The summed E-state index contributed by atoms with van der Waals surface area (Å²) in [6, 6.07) is 21.1. The second-order valence-electron chi connectivity index (χ2n) is 8.52. The van der Waals surface area contributed by atoms with Crippen LogP contribution in [-0.4, -0.2) is 64.4 Å². The van der Waals surface area contributed by atoms with Crippen LogP contribution in [0.4, 0.5) is 13.2 Å². The molecule has 0 atom stereocenters. The Labute approximate surface area is 215 Å². The highest BCUT2D eigenvalue weighted by molar-refractivity contribution is 6.00. The number of rotatable bonds is 10. The first-order valence-corrected chi connectivity index (χ1v) is 12.1. The van der Waals surface area contributed by atoms with Crippen LogP contribution in [0.15, 0.2) is 78.9 Å². The van der Waals surface area contributed by atoms with E-state index >= 15 is 0 Å². The highest BCUT2D eigenvalue weighted by Gasteiger charge is 2.38. The Bertz CT molecular complexity index is 1140. The molecule has 0 radical (unpaired) electrons. The van der Waals surface area contributed by atoms with Crippen molar-refractivity contribution in [1.29, 1.82) is 0 Å². The minimum Gasteiger partial charge on any atom is -0.492 e. The first kappa shape index (κ1) is 26.7. The van der Waals surface area contributed by atoms with Crippen LogP contribution in [0.25, 0.3) is 11.1 Å². The van der Waals surface area contributed by atoms with Gasteiger partial charge in [-0.15, -0.1) is 0 Å². The predicted molar refractivity (Wildman–Crippen MR) is 137 cm³/mol. The van der Waals surface area contributed by atoms with Gasteiger partial charge in [0, 0.05) is 32.3 Å². The van der Waals surface area contributed by atoms with E-state index in [0.717, 1.165) is 19.6 Å². The van der Waals surface area contributed by atoms with E-state index in [-0.39, 0.29) is 17.9 Å². The van der Waals surface area contributed by atoms with Crippen molar-refractivity contribution in [2.24, 2.45) is 0 Å². The third kappa shape index (κ3) is 7.35. The van der Waals surface area contributed by atoms with Gasteiger partial charge in [0.25, 0.3) is 0 Å². The lowest BCUT2D eigenvalue weighted by Crippen LogP contribution is -2.38. The number of ether oxygens (including phenoxy) is 4. The van der Waals surface area contributed by atoms with Crippen LogP contribution in [0.2, 0.25) is 0 Å². The summed E-state index contributed by atoms with van der Waals surface area (Å²) in [4.78, 5) is 2.26. The molecule has 3 aromatic rings. The minimum absolute atomic E-state index is 0.0485. The first-order chi connectivity index (χ1) is 18.0. The van der Waals surface area contributed by atoms with Crippen LogP contribution >= 0.6 is 0 Å². The maximum absolute atomic E-state index is 14.6. The van der Waals surface area contributed by atoms with Gasteiger partial charge in [-0.05, 0) is 41.0 Å². The van der Waals surface area contributed by atoms with Gasteiger partial charge in [0.2, 0.25) is 0 Å². The van der Waals surface area contributed by atoms with Gasteiger partial charge in [0.15, 0.2) is 6.79 Å². The highest BCUT2D eigenvalue weighted by Crippen LogP contribution is 2.43. The molecule has 5 nitrogen and oxygen atoms in total. The Balaban J connectivity index is 1.66. The van der Waals surface area contributed by atoms with Crippen molar-refractivity contribution >= 4 is 11.1 Å². The fourth-order valence-corrected chi connectivity index (χ4v) is 4.19. The molecule has 1 saturated heterocycles. The molecule has 0 unspecified atom stereocenters. The average Bonchev–Trinajstić information content (AvgIpc) is 2.92. The number of halogens is 3. The van der Waals surface area contributed by atoms with Crippen molar-refractivity contribution in [2.75, 3.05) is 53.4 Å². The standard InChI is InChI=1S/C29H30F3NO4/c1-34-21-37-26-13-9-23(10-14-26)27(28(29(30,31)32)24-5-3-2-4-6-24)22-7-11-25(12-8-22)36-20-17-33-15-18-35-19-16-33/h2-14H,15-21H2,1H3/b28-27+. The summed E-state index contributed by atoms with van der Waals surface area (Å²) in [6.45, 7) is 4.46. The molecule has 1 aliphatic rings. The lowest BCUT2D eigenvalue weighted by Gasteiger charge is -2.26. The molecule has 1 fully saturated rings. The number of morpholine rings is 1. The summed E-state index contributed by atoms with van der Waals surface area (Å²) in [7, 11) is 1.50. The average molecular weight is 514 g/mol. The van der Waals surface area contributed by atoms with Gasteiger partial charge in [-0.3, -0.25) is 4.90 Å². The fourth-order valence-electron chi connectivity index (χ4n) is 4.19. The molecule has 1 aliphatic heterocycles. The fraction of sp³-hybridized carbons (Fsp3) is 0.310. The number of allylic oxidation sites excluding steroid dienone is 1. The zero-order chi connectivity index (χ0) is 26.1. The maximum Gasteiger partial charge on any atom is 0.417 e. The Kier molecular flexibility index (Phi) is 9.22. The smallest absolute Gasteiger partial charge is 0.417 e. The summed E-state index contributed by atoms with van der Waals surface area (Å²) < 4.78 is 65.2. The Morgan fingerprint density at radius 3 is 1.89 bits per heavy atom. The number of benzene rings is 3. The summed E-state index contributed by atoms with van der Waals surface area (Å²) >= 11 is 0. The van der Waals surface area contributed by atoms with E-state index in [1.807, 2.05) is 0 Å². The highest BCUT2D eigenvalue weighted by atomic mass is 19.4. The summed E-state index contributed by atoms with van der Waals surface area (Å²) in [5, 5.41) is 0. The second-order valence-corrected chi connectivity index (χ2v) is 8.52. The van der Waals surface area contributed by atoms with Crippen LogP contribution in [-0.2, 0) is 9.47 Å². The topological polar surface area (TPSA) is 40.2 Å². The molecular formula is C29H30F3NO4. The lowest BCUT2D eigenvalue weighted by molar-refractivity contribution is -0.0685. The van der Waals surface area contributed by atoms with E-state index in [0.29, 0.717) is 42.4 Å². The molecule has 0 amide bonds. The third-order valence-electron chi connectivity index (χ3n) is 6.01. The number of hydrogen-bond acceptors (Lipinski definition) is 5. The van der Waals surface area contributed by atoms with E-state index in [9.17, 15) is 13.2 Å². The monoisotopic (exact) mass is 513 g/mol. The van der Waals surface area contributed by atoms with Crippen LogP contribution in [0, 0.1) is 0 Å². The number of nitrogens with zero attached hydrogens (tertiary/aromatic N) is 1. The van der Waals surface area contributed by atoms with E-state index in [2.05, 4.69) is 4.90 Å². The molecule has 8 heteroatoms. The molecular weight excluding hydrogens is 483 g/mol. The number of hydrogen-bond donors (Lipinski definition) is 0. The normalized spacial score (nSPS) is 15.2. The van der Waals surface area contributed by atoms with E-state index in [4.69, 9.17) is 18.9 Å². The zero-order valence-electron chi connectivity index (χ0n) is 20.7. The van der Waals surface area contributed by atoms with E-state index in [1.54, 1.807) is 66.7 Å². The lowest BCUT2D eigenvalue weighted by atomic mass is 9.89. The largest absolute Gasteiger partial charge is 0.492 e. The SMILES string of the molecule is COCOc1ccc(/C(=C(\c2ccccc2)C(F)(F)F)c2ccc(OCCN3CCOCC3)cc2)cc1. The van der Waals surface area contributed by atoms with Crippen molar-refractivity contribution in [1.82, 2.24) is 4.90 Å². The van der Waals surface area contributed by atoms with Gasteiger partial charge in [-0.2, -0.15) is 13.2 Å². The maximum atomic E-state index is 14.6. The Morgan fingerprint density at radius 1 is 0.784 bits per heavy atom. The third-order valence-corrected chi connectivity index (χ3v) is 6.01. The van der Waals surface area contributed by atoms with Gasteiger partial charge in [-0.1, -0.05) is 54.6 Å². The molecule has 4 rings (SSSR count). The number of methoxy groups -OCH3 is 1. The zero-order valence-corrected chi connectivity index (χ0v) is 20.7. The van der Waals surface area contributed by atoms with Crippen LogP contribution < -0.4 is 9.47 Å². The van der Waals surface area contributed by atoms with Crippen LogP contribution in [0.5, 0.6) is 11.5 Å². The Hall–Kier alpha value is -3.33. The molecule has 37 heavy (non-hydrogen) atoms. The number of alkyl halides is 3. The molecule has 3 aromatic carbocycles. The summed E-state index contributed by atoms with van der Waals surface area (Å²) in [6.07, 6.45) is -4.59. The quantitative estimate of drug-likeness (QED) is 0.249. The van der Waals surface area contributed by atoms with E-state index in [1.165, 1.54) is 19.2 Å². The van der Waals surface area contributed by atoms with Crippen LogP contribution in [0.1, 0.15) is 16.7 Å². The first-order valence-electron chi connectivity index (χ1n) is 12.1. The molecule has 0 bridgehead atoms. The van der Waals surface area contributed by atoms with Crippen molar-refractivity contribution in [3.8, 4) is 11.5 Å².